The molecule has 1 aliphatic rings. The molecule has 104 valence electrons. The van der Waals surface area contributed by atoms with Crippen molar-refractivity contribution in [1.29, 1.82) is 0 Å². The fraction of sp³-hybridized carbons (Fsp3) is 0.615. The third-order valence-electron chi connectivity index (χ3n) is 3.66. The number of hydrogen-bond acceptors (Lipinski definition) is 5. The number of hydrogen-bond donors (Lipinski definition) is 1. The van der Waals surface area contributed by atoms with Gasteiger partial charge in [0.15, 0.2) is 0 Å². The third-order valence-corrected chi connectivity index (χ3v) is 3.66. The molecule has 1 heterocycles. The van der Waals surface area contributed by atoms with Crippen LogP contribution in [0, 0.1) is 16.0 Å². The van der Waals surface area contributed by atoms with Crippen LogP contribution >= 0.6 is 0 Å². The molecule has 0 radical (unpaired) electrons. The number of pyridine rings is 1. The van der Waals surface area contributed by atoms with E-state index in [4.69, 9.17) is 0 Å². The van der Waals surface area contributed by atoms with E-state index in [-0.39, 0.29) is 16.7 Å². The molecule has 0 saturated heterocycles. The van der Waals surface area contributed by atoms with Gasteiger partial charge in [0, 0.05) is 25.7 Å². The van der Waals surface area contributed by atoms with E-state index in [1.807, 2.05) is 18.9 Å². The third kappa shape index (κ3) is 2.94. The van der Waals surface area contributed by atoms with Gasteiger partial charge in [-0.2, -0.15) is 0 Å². The van der Waals surface area contributed by atoms with Crippen molar-refractivity contribution in [3.8, 4) is 0 Å². The summed E-state index contributed by atoms with van der Waals surface area (Å²) in [7, 11) is 1.88. The van der Waals surface area contributed by atoms with Crippen molar-refractivity contribution in [1.82, 2.24) is 4.98 Å². The molecule has 0 aliphatic heterocycles. The second-order valence-corrected chi connectivity index (χ2v) is 5.02. The van der Waals surface area contributed by atoms with Crippen molar-refractivity contribution >= 4 is 17.3 Å². The standard InChI is InChI=1S/C13H20N4O2/c1-4-14-12-8-7-11(17(18)19)13(15-12)16(3)9(2)10-5-6-10/h7-10H,4-6H2,1-3H3,(H,14,15). The molecule has 1 aromatic rings. The van der Waals surface area contributed by atoms with Gasteiger partial charge in [0.2, 0.25) is 5.82 Å². The van der Waals surface area contributed by atoms with E-state index in [0.717, 1.165) is 6.54 Å². The van der Waals surface area contributed by atoms with Gasteiger partial charge < -0.3 is 10.2 Å². The van der Waals surface area contributed by atoms with E-state index in [1.165, 1.54) is 18.9 Å². The molecule has 1 aromatic heterocycles. The maximum Gasteiger partial charge on any atom is 0.311 e. The van der Waals surface area contributed by atoms with Crippen LogP contribution in [0.15, 0.2) is 12.1 Å². The predicted octanol–water partition coefficient (Wildman–Crippen LogP) is 2.66. The lowest BCUT2D eigenvalue weighted by Crippen LogP contribution is -2.32. The molecule has 19 heavy (non-hydrogen) atoms. The van der Waals surface area contributed by atoms with Crippen molar-refractivity contribution in [2.24, 2.45) is 5.92 Å². The Labute approximate surface area is 113 Å². The van der Waals surface area contributed by atoms with Crippen molar-refractivity contribution in [3.63, 3.8) is 0 Å². The van der Waals surface area contributed by atoms with E-state index >= 15 is 0 Å². The summed E-state index contributed by atoms with van der Waals surface area (Å²) < 4.78 is 0. The fourth-order valence-electron chi connectivity index (χ4n) is 2.21. The molecule has 0 amide bonds. The Bertz CT molecular complexity index is 474. The number of rotatable bonds is 6. The van der Waals surface area contributed by atoms with Crippen LogP contribution in [-0.4, -0.2) is 29.5 Å². The van der Waals surface area contributed by atoms with E-state index < -0.39 is 0 Å². The molecule has 1 N–H and O–H groups in total. The van der Waals surface area contributed by atoms with E-state index in [2.05, 4.69) is 17.2 Å². The normalized spacial score (nSPS) is 15.9. The summed E-state index contributed by atoms with van der Waals surface area (Å²) in [5, 5.41) is 14.2. The molecule has 2 rings (SSSR count). The molecule has 1 atom stereocenters. The van der Waals surface area contributed by atoms with Crippen molar-refractivity contribution in [2.45, 2.75) is 32.7 Å². The first-order valence-electron chi connectivity index (χ1n) is 6.66. The first kappa shape index (κ1) is 13.6. The van der Waals surface area contributed by atoms with Crippen LogP contribution < -0.4 is 10.2 Å². The van der Waals surface area contributed by atoms with Gasteiger partial charge in [-0.25, -0.2) is 4.98 Å². The first-order valence-corrected chi connectivity index (χ1v) is 6.66. The maximum absolute atomic E-state index is 11.1. The van der Waals surface area contributed by atoms with E-state index in [1.54, 1.807) is 6.07 Å². The zero-order valence-corrected chi connectivity index (χ0v) is 11.6. The van der Waals surface area contributed by atoms with Crippen LogP contribution in [0.25, 0.3) is 0 Å². The highest BCUT2D eigenvalue weighted by atomic mass is 16.6. The smallest absolute Gasteiger partial charge is 0.311 e. The van der Waals surface area contributed by atoms with Gasteiger partial charge in [-0.1, -0.05) is 0 Å². The predicted molar refractivity (Wildman–Crippen MR) is 75.6 cm³/mol. The Morgan fingerprint density at radius 2 is 2.26 bits per heavy atom. The summed E-state index contributed by atoms with van der Waals surface area (Å²) in [5.41, 5.74) is 0.0663. The molecule has 1 unspecified atom stereocenters. The molecular formula is C13H20N4O2. The van der Waals surface area contributed by atoms with Crippen LogP contribution in [0.3, 0.4) is 0 Å². The topological polar surface area (TPSA) is 71.3 Å². The lowest BCUT2D eigenvalue weighted by Gasteiger charge is -2.25. The SMILES string of the molecule is CCNc1ccc([N+](=O)[O-])c(N(C)C(C)C2CC2)n1. The minimum absolute atomic E-state index is 0.0663. The Balaban J connectivity index is 2.32. The van der Waals surface area contributed by atoms with Crippen molar-refractivity contribution < 1.29 is 4.92 Å². The Morgan fingerprint density at radius 3 is 2.79 bits per heavy atom. The van der Waals surface area contributed by atoms with Crippen LogP contribution in [0.1, 0.15) is 26.7 Å². The first-order chi connectivity index (χ1) is 9.04. The van der Waals surface area contributed by atoms with Gasteiger partial charge in [0.05, 0.1) is 4.92 Å². The molecule has 6 heteroatoms. The minimum atomic E-state index is -0.367. The van der Waals surface area contributed by atoms with Gasteiger partial charge in [-0.15, -0.1) is 0 Å². The summed E-state index contributed by atoms with van der Waals surface area (Å²) in [6.45, 7) is 4.81. The average Bonchev–Trinajstić information content (AvgIpc) is 3.21. The highest BCUT2D eigenvalue weighted by Gasteiger charge is 2.33. The Hall–Kier alpha value is -1.85. The highest BCUT2D eigenvalue weighted by Crippen LogP contribution is 2.38. The molecule has 0 bridgehead atoms. The van der Waals surface area contributed by atoms with Gasteiger partial charge in [0.25, 0.3) is 0 Å². The molecule has 1 aliphatic carbocycles. The monoisotopic (exact) mass is 264 g/mol. The largest absolute Gasteiger partial charge is 0.370 e. The summed E-state index contributed by atoms with van der Waals surface area (Å²) in [5.74, 6) is 1.76. The number of anilines is 2. The summed E-state index contributed by atoms with van der Waals surface area (Å²) >= 11 is 0. The van der Waals surface area contributed by atoms with Crippen molar-refractivity contribution in [2.75, 3.05) is 23.8 Å². The molecule has 1 saturated carbocycles. The summed E-state index contributed by atoms with van der Waals surface area (Å²) in [6.07, 6.45) is 2.40. The zero-order valence-electron chi connectivity index (χ0n) is 11.6. The number of nitrogens with one attached hydrogen (secondary N) is 1. The van der Waals surface area contributed by atoms with Crippen LogP contribution in [0.4, 0.5) is 17.3 Å². The molecular weight excluding hydrogens is 244 g/mol. The summed E-state index contributed by atoms with van der Waals surface area (Å²) in [4.78, 5) is 17.1. The number of nitro groups is 1. The van der Waals surface area contributed by atoms with Crippen LogP contribution in [-0.2, 0) is 0 Å². The molecule has 0 aromatic carbocycles. The molecule has 1 fully saturated rings. The van der Waals surface area contributed by atoms with Gasteiger partial charge >= 0.3 is 5.69 Å². The second kappa shape index (κ2) is 5.42. The quantitative estimate of drug-likeness (QED) is 0.631. The van der Waals surface area contributed by atoms with Gasteiger partial charge in [-0.05, 0) is 38.7 Å². The summed E-state index contributed by atoms with van der Waals surface area (Å²) in [6, 6.07) is 3.46. The lowest BCUT2D eigenvalue weighted by atomic mass is 10.2. The number of nitrogens with zero attached hydrogens (tertiary/aromatic N) is 3. The van der Waals surface area contributed by atoms with E-state index in [9.17, 15) is 10.1 Å². The van der Waals surface area contributed by atoms with E-state index in [0.29, 0.717) is 17.6 Å². The fourth-order valence-corrected chi connectivity index (χ4v) is 2.21. The minimum Gasteiger partial charge on any atom is -0.370 e. The maximum atomic E-state index is 11.1. The molecule has 6 nitrogen and oxygen atoms in total. The van der Waals surface area contributed by atoms with Gasteiger partial charge in [-0.3, -0.25) is 10.1 Å². The Kier molecular flexibility index (Phi) is 3.87. The van der Waals surface area contributed by atoms with Crippen LogP contribution in [0.2, 0.25) is 0 Å². The average molecular weight is 264 g/mol. The van der Waals surface area contributed by atoms with Crippen LogP contribution in [0.5, 0.6) is 0 Å². The number of aromatic nitrogens is 1. The zero-order chi connectivity index (χ0) is 14.0. The molecule has 0 spiro atoms. The Morgan fingerprint density at radius 1 is 1.58 bits per heavy atom. The van der Waals surface area contributed by atoms with Crippen molar-refractivity contribution in [3.05, 3.63) is 22.2 Å². The van der Waals surface area contributed by atoms with Gasteiger partial charge in [0.1, 0.15) is 5.82 Å². The lowest BCUT2D eigenvalue weighted by molar-refractivity contribution is -0.384. The highest BCUT2D eigenvalue weighted by molar-refractivity contribution is 5.62. The second-order valence-electron chi connectivity index (χ2n) is 5.02.